The lowest BCUT2D eigenvalue weighted by atomic mass is 10.0. The number of fused-ring (bicyclic) bond motifs is 3. The van der Waals surface area contributed by atoms with Crippen LogP contribution < -0.4 is 0 Å². The van der Waals surface area contributed by atoms with Gasteiger partial charge in [0, 0.05) is 40.4 Å². The number of para-hydroxylation sites is 1. The molecule has 0 radical (unpaired) electrons. The van der Waals surface area contributed by atoms with Crippen LogP contribution in [0.1, 0.15) is 22.3 Å². The number of benzene rings is 2. The van der Waals surface area contributed by atoms with E-state index in [-0.39, 0.29) is 30.0 Å². The van der Waals surface area contributed by atoms with E-state index in [4.69, 9.17) is 0 Å². The number of hydrogen-bond donors (Lipinski definition) is 0. The molecule has 0 N–H and O–H groups in total. The van der Waals surface area contributed by atoms with Crippen molar-refractivity contribution in [3.63, 3.8) is 0 Å². The number of alkyl halides is 9. The minimum Gasteiger partial charge on any atom is -0.340 e. The smallest absolute Gasteiger partial charge is 0.340 e. The number of ketones is 1. The molecule has 2 aromatic carbocycles. The van der Waals surface area contributed by atoms with Gasteiger partial charge in [0.15, 0.2) is 5.78 Å². The summed E-state index contributed by atoms with van der Waals surface area (Å²) in [5, 5.41) is 4.28. The molecule has 1 aromatic heterocycles. The molecule has 0 amide bonds. The van der Waals surface area contributed by atoms with Crippen LogP contribution in [0, 0.1) is 0 Å². The molecular weight excluding hydrogens is 523 g/mol. The van der Waals surface area contributed by atoms with Gasteiger partial charge in [-0.15, -0.1) is 0 Å². The standard InChI is InChI=1S/C23H13F9N2O3/c1-2-17(35)11-6-7-16-14(10-11)12-4-3-5-13-15(8-9-34(16)18(12)13)33-37-19(36)20(24,25)21(26,27)22(28,29)23(30,31)32/h2-7,10H,1,8-9H2/b33-15+. The molecular formula is C23H13F9N2O3. The number of oxime groups is 1. The monoisotopic (exact) mass is 536 g/mol. The maximum atomic E-state index is 13.8. The number of rotatable bonds is 6. The molecule has 2 heterocycles. The summed E-state index contributed by atoms with van der Waals surface area (Å²) in [5.74, 6) is -24.7. The molecule has 0 fully saturated rings. The van der Waals surface area contributed by atoms with Crippen LogP contribution in [0.15, 0.2) is 54.2 Å². The summed E-state index contributed by atoms with van der Waals surface area (Å²) in [6.45, 7) is 3.53. The first-order chi connectivity index (χ1) is 17.1. The van der Waals surface area contributed by atoms with Crippen LogP contribution in [0.3, 0.4) is 0 Å². The molecule has 1 aliphatic rings. The number of allylic oxidation sites excluding steroid dienone is 1. The largest absolute Gasteiger partial charge is 0.460 e. The topological polar surface area (TPSA) is 60.7 Å². The second kappa shape index (κ2) is 8.35. The molecule has 196 valence electrons. The summed E-state index contributed by atoms with van der Waals surface area (Å²) in [7, 11) is 0. The quantitative estimate of drug-likeness (QED) is 0.123. The Bertz CT molecular complexity index is 1490. The van der Waals surface area contributed by atoms with Crippen molar-refractivity contribution < 1.29 is 53.9 Å². The third-order valence-electron chi connectivity index (χ3n) is 5.88. The van der Waals surface area contributed by atoms with Crippen molar-refractivity contribution in [3.8, 4) is 0 Å². The number of carbonyl (C=O) groups excluding carboxylic acids is 2. The van der Waals surface area contributed by atoms with E-state index in [1.54, 1.807) is 28.8 Å². The number of nitrogens with zero attached hydrogens (tertiary/aromatic N) is 2. The summed E-state index contributed by atoms with van der Waals surface area (Å²) < 4.78 is 119. The lowest BCUT2D eigenvalue weighted by molar-refractivity contribution is -0.390. The van der Waals surface area contributed by atoms with Crippen LogP contribution in [-0.4, -0.2) is 46.0 Å². The van der Waals surface area contributed by atoms with E-state index in [1.807, 2.05) is 0 Å². The fourth-order valence-corrected chi connectivity index (χ4v) is 4.00. The Hall–Kier alpha value is -3.84. The fraction of sp³-hybridized carbons (Fsp3) is 0.261. The van der Waals surface area contributed by atoms with Crippen LogP contribution in [0.5, 0.6) is 0 Å². The van der Waals surface area contributed by atoms with E-state index in [0.29, 0.717) is 27.4 Å². The number of aryl methyl sites for hydroxylation is 1. The second-order valence-corrected chi connectivity index (χ2v) is 8.04. The normalized spacial score (nSPS) is 15.9. The predicted molar refractivity (Wildman–Crippen MR) is 112 cm³/mol. The van der Waals surface area contributed by atoms with Crippen molar-refractivity contribution in [3.05, 3.63) is 60.2 Å². The van der Waals surface area contributed by atoms with E-state index in [0.717, 1.165) is 6.08 Å². The van der Waals surface area contributed by atoms with Crippen LogP contribution in [-0.2, 0) is 16.2 Å². The van der Waals surface area contributed by atoms with Crippen molar-refractivity contribution in [2.24, 2.45) is 5.16 Å². The summed E-state index contributed by atoms with van der Waals surface area (Å²) in [4.78, 5) is 27.4. The molecule has 4 rings (SSSR count). The zero-order valence-corrected chi connectivity index (χ0v) is 18.2. The minimum atomic E-state index is -7.24. The zero-order valence-electron chi connectivity index (χ0n) is 18.2. The Balaban J connectivity index is 1.72. The first kappa shape index (κ1) is 26.2. The van der Waals surface area contributed by atoms with Gasteiger partial charge in [-0.2, -0.15) is 39.5 Å². The summed E-state index contributed by atoms with van der Waals surface area (Å²) in [6.07, 6.45) is -6.07. The maximum absolute atomic E-state index is 13.8. The number of carbonyl (C=O) groups is 2. The molecule has 14 heteroatoms. The highest BCUT2D eigenvalue weighted by Crippen LogP contribution is 2.53. The summed E-state index contributed by atoms with van der Waals surface area (Å²) in [6, 6.07) is 9.37. The van der Waals surface area contributed by atoms with Crippen molar-refractivity contribution in [1.29, 1.82) is 0 Å². The van der Waals surface area contributed by atoms with Crippen molar-refractivity contribution in [2.45, 2.75) is 36.9 Å². The van der Waals surface area contributed by atoms with Crippen LogP contribution in [0.2, 0.25) is 0 Å². The highest BCUT2D eigenvalue weighted by atomic mass is 19.4. The first-order valence-corrected chi connectivity index (χ1v) is 10.3. The van der Waals surface area contributed by atoms with E-state index >= 15 is 0 Å². The highest BCUT2D eigenvalue weighted by Gasteiger charge is 2.84. The van der Waals surface area contributed by atoms with Gasteiger partial charge in [-0.25, -0.2) is 4.79 Å². The average Bonchev–Trinajstić information content (AvgIpc) is 3.16. The Morgan fingerprint density at radius 3 is 2.24 bits per heavy atom. The van der Waals surface area contributed by atoms with Gasteiger partial charge in [0.05, 0.1) is 11.2 Å². The SMILES string of the molecule is C=CC(=O)c1ccc2c(c1)c1cccc3c1n2CC/C3=N\OC(=O)C(F)(F)C(F)(F)C(F)(F)C(F)(F)F. The predicted octanol–water partition coefficient (Wildman–Crippen LogP) is 6.28. The van der Waals surface area contributed by atoms with Gasteiger partial charge >= 0.3 is 29.9 Å². The molecule has 5 nitrogen and oxygen atoms in total. The molecule has 1 aliphatic heterocycles. The molecule has 37 heavy (non-hydrogen) atoms. The maximum Gasteiger partial charge on any atom is 0.460 e. The first-order valence-electron chi connectivity index (χ1n) is 10.3. The van der Waals surface area contributed by atoms with E-state index < -0.39 is 29.9 Å². The lowest BCUT2D eigenvalue weighted by Crippen LogP contribution is -2.63. The molecule has 0 saturated heterocycles. The number of hydrogen-bond acceptors (Lipinski definition) is 4. The van der Waals surface area contributed by atoms with Gasteiger partial charge in [-0.3, -0.25) is 4.79 Å². The minimum absolute atomic E-state index is 0.112. The van der Waals surface area contributed by atoms with E-state index in [9.17, 15) is 49.1 Å². The molecule has 0 bridgehead atoms. The van der Waals surface area contributed by atoms with Gasteiger partial charge in [0.25, 0.3) is 0 Å². The molecule has 0 saturated carbocycles. The molecule has 0 atom stereocenters. The number of aromatic nitrogens is 1. The Morgan fingerprint density at radius 2 is 1.62 bits per heavy atom. The van der Waals surface area contributed by atoms with E-state index in [1.165, 1.54) is 12.1 Å². The molecule has 0 aliphatic carbocycles. The van der Waals surface area contributed by atoms with Crippen molar-refractivity contribution >= 4 is 39.3 Å². The summed E-state index contributed by atoms with van der Waals surface area (Å²) in [5.41, 5.74) is 1.41. The average molecular weight is 536 g/mol. The highest BCUT2D eigenvalue weighted by molar-refractivity contribution is 6.19. The van der Waals surface area contributed by atoms with Crippen LogP contribution in [0.25, 0.3) is 21.8 Å². The van der Waals surface area contributed by atoms with Gasteiger partial charge in [0.2, 0.25) is 0 Å². The van der Waals surface area contributed by atoms with Crippen molar-refractivity contribution in [2.75, 3.05) is 0 Å². The van der Waals surface area contributed by atoms with Gasteiger partial charge in [0.1, 0.15) is 0 Å². The Labute approximate surface area is 200 Å². The third kappa shape index (κ3) is 3.76. The zero-order chi connectivity index (χ0) is 27.6. The third-order valence-corrected chi connectivity index (χ3v) is 5.88. The molecule has 0 unspecified atom stereocenters. The van der Waals surface area contributed by atoms with Gasteiger partial charge in [-0.1, -0.05) is 29.9 Å². The van der Waals surface area contributed by atoms with Gasteiger partial charge in [-0.05, 0) is 24.3 Å². The van der Waals surface area contributed by atoms with Gasteiger partial charge < -0.3 is 9.40 Å². The Kier molecular flexibility index (Phi) is 5.92. The van der Waals surface area contributed by atoms with E-state index in [2.05, 4.69) is 16.6 Å². The number of halogens is 9. The molecule has 3 aromatic rings. The van der Waals surface area contributed by atoms with Crippen LogP contribution in [0.4, 0.5) is 39.5 Å². The summed E-state index contributed by atoms with van der Waals surface area (Å²) >= 11 is 0. The molecule has 0 spiro atoms. The lowest BCUT2D eigenvalue weighted by Gasteiger charge is -2.31. The fourth-order valence-electron chi connectivity index (χ4n) is 4.00. The van der Waals surface area contributed by atoms with Crippen molar-refractivity contribution in [1.82, 2.24) is 4.57 Å². The van der Waals surface area contributed by atoms with Crippen LogP contribution >= 0.6 is 0 Å². The Morgan fingerprint density at radius 1 is 0.946 bits per heavy atom. The second-order valence-electron chi connectivity index (χ2n) is 8.04.